The molecule has 0 atom stereocenters. The number of nitrogens with zero attached hydrogens (tertiary/aromatic N) is 2. The SMILES string of the molecule is COCOc1cc(-c2nc[nH]n2)cc(C(F)(F)F)c1. The van der Waals surface area contributed by atoms with Gasteiger partial charge in [-0.1, -0.05) is 0 Å². The minimum Gasteiger partial charge on any atom is -0.468 e. The molecule has 0 bridgehead atoms. The Hall–Kier alpha value is -2.09. The van der Waals surface area contributed by atoms with Crippen LogP contribution in [0.2, 0.25) is 0 Å². The van der Waals surface area contributed by atoms with Crippen molar-refractivity contribution in [1.29, 1.82) is 0 Å². The zero-order chi connectivity index (χ0) is 13.9. The van der Waals surface area contributed by atoms with Crippen molar-refractivity contribution >= 4 is 0 Å². The summed E-state index contributed by atoms with van der Waals surface area (Å²) in [5.41, 5.74) is -0.622. The second-order valence-corrected chi connectivity index (χ2v) is 3.62. The van der Waals surface area contributed by atoms with Crippen molar-refractivity contribution in [2.75, 3.05) is 13.9 Å². The minimum absolute atomic E-state index is 0.0384. The molecule has 1 N–H and O–H groups in total. The summed E-state index contributed by atoms with van der Waals surface area (Å²) < 4.78 is 48.0. The Kier molecular flexibility index (Phi) is 3.70. The van der Waals surface area contributed by atoms with Crippen LogP contribution in [-0.2, 0) is 10.9 Å². The smallest absolute Gasteiger partial charge is 0.416 e. The summed E-state index contributed by atoms with van der Waals surface area (Å²) in [6.07, 6.45) is -3.19. The number of halogens is 3. The molecule has 0 saturated heterocycles. The zero-order valence-electron chi connectivity index (χ0n) is 9.86. The number of aromatic nitrogens is 3. The van der Waals surface area contributed by atoms with Crippen LogP contribution in [0.4, 0.5) is 13.2 Å². The molecule has 8 heteroatoms. The van der Waals surface area contributed by atoms with Crippen molar-refractivity contribution in [3.05, 3.63) is 30.1 Å². The van der Waals surface area contributed by atoms with Crippen LogP contribution in [0.15, 0.2) is 24.5 Å². The van der Waals surface area contributed by atoms with Gasteiger partial charge in [0.25, 0.3) is 0 Å². The van der Waals surface area contributed by atoms with E-state index in [1.54, 1.807) is 0 Å². The highest BCUT2D eigenvalue weighted by atomic mass is 19.4. The average molecular weight is 273 g/mol. The first kappa shape index (κ1) is 13.3. The fourth-order valence-corrected chi connectivity index (χ4v) is 1.45. The van der Waals surface area contributed by atoms with Gasteiger partial charge >= 0.3 is 6.18 Å². The number of methoxy groups -OCH3 is 1. The van der Waals surface area contributed by atoms with Gasteiger partial charge in [0.2, 0.25) is 0 Å². The Balaban J connectivity index is 2.43. The molecule has 0 aliphatic carbocycles. The molecule has 1 aromatic heterocycles. The maximum atomic E-state index is 12.8. The molecule has 5 nitrogen and oxygen atoms in total. The maximum Gasteiger partial charge on any atom is 0.416 e. The van der Waals surface area contributed by atoms with E-state index < -0.39 is 11.7 Å². The molecule has 0 aliphatic rings. The first-order valence-corrected chi connectivity index (χ1v) is 5.21. The summed E-state index contributed by atoms with van der Waals surface area (Å²) in [6.45, 7) is -0.144. The molecule has 102 valence electrons. The van der Waals surface area contributed by atoms with E-state index in [-0.39, 0.29) is 23.9 Å². The molecule has 0 fully saturated rings. The fraction of sp³-hybridized carbons (Fsp3) is 0.273. The summed E-state index contributed by atoms with van der Waals surface area (Å²) in [5.74, 6) is 0.199. The van der Waals surface area contributed by atoms with Crippen molar-refractivity contribution in [2.45, 2.75) is 6.18 Å². The van der Waals surface area contributed by atoms with E-state index in [9.17, 15) is 13.2 Å². The van der Waals surface area contributed by atoms with Gasteiger partial charge in [-0.15, -0.1) is 0 Å². The Morgan fingerprint density at radius 3 is 2.63 bits per heavy atom. The van der Waals surface area contributed by atoms with E-state index in [0.717, 1.165) is 12.1 Å². The van der Waals surface area contributed by atoms with Gasteiger partial charge in [-0.2, -0.15) is 18.3 Å². The molecule has 0 spiro atoms. The maximum absolute atomic E-state index is 12.8. The van der Waals surface area contributed by atoms with Crippen LogP contribution >= 0.6 is 0 Å². The second-order valence-electron chi connectivity index (χ2n) is 3.62. The summed E-state index contributed by atoms with van der Waals surface area (Å²) in [5, 5.41) is 6.18. The van der Waals surface area contributed by atoms with E-state index in [0.29, 0.717) is 0 Å². The van der Waals surface area contributed by atoms with Gasteiger partial charge in [-0.05, 0) is 18.2 Å². The number of H-pyrrole nitrogens is 1. The van der Waals surface area contributed by atoms with Gasteiger partial charge in [0, 0.05) is 12.7 Å². The van der Waals surface area contributed by atoms with Gasteiger partial charge in [0.15, 0.2) is 12.6 Å². The number of hydrogen-bond donors (Lipinski definition) is 1. The highest BCUT2D eigenvalue weighted by Gasteiger charge is 2.31. The Morgan fingerprint density at radius 1 is 1.26 bits per heavy atom. The molecule has 0 radical (unpaired) electrons. The number of rotatable bonds is 4. The van der Waals surface area contributed by atoms with E-state index in [1.165, 1.54) is 19.5 Å². The van der Waals surface area contributed by atoms with E-state index in [4.69, 9.17) is 4.74 Å². The second kappa shape index (κ2) is 5.27. The van der Waals surface area contributed by atoms with Crippen molar-refractivity contribution in [3.8, 4) is 17.1 Å². The van der Waals surface area contributed by atoms with Crippen LogP contribution in [-0.4, -0.2) is 29.1 Å². The number of alkyl halides is 3. The van der Waals surface area contributed by atoms with Crippen LogP contribution in [0.3, 0.4) is 0 Å². The number of nitrogens with one attached hydrogen (secondary N) is 1. The quantitative estimate of drug-likeness (QED) is 0.869. The third kappa shape index (κ3) is 3.22. The average Bonchev–Trinajstić information content (AvgIpc) is 2.89. The van der Waals surface area contributed by atoms with Gasteiger partial charge in [-0.25, -0.2) is 4.98 Å². The predicted molar refractivity (Wildman–Crippen MR) is 59.3 cm³/mol. The van der Waals surface area contributed by atoms with Gasteiger partial charge in [-0.3, -0.25) is 5.10 Å². The summed E-state index contributed by atoms with van der Waals surface area (Å²) >= 11 is 0. The summed E-state index contributed by atoms with van der Waals surface area (Å²) in [6, 6.07) is 3.27. The van der Waals surface area contributed by atoms with Gasteiger partial charge in [0.1, 0.15) is 12.1 Å². The fourth-order valence-electron chi connectivity index (χ4n) is 1.45. The lowest BCUT2D eigenvalue weighted by molar-refractivity contribution is -0.137. The Bertz CT molecular complexity index is 541. The van der Waals surface area contributed by atoms with E-state index >= 15 is 0 Å². The van der Waals surface area contributed by atoms with Crippen LogP contribution < -0.4 is 4.74 Å². The number of aromatic amines is 1. The topological polar surface area (TPSA) is 60.0 Å². The molecule has 0 unspecified atom stereocenters. The van der Waals surface area contributed by atoms with Crippen molar-refractivity contribution in [2.24, 2.45) is 0 Å². The predicted octanol–water partition coefficient (Wildman–Crippen LogP) is 2.47. The Labute approximate surface area is 106 Å². The number of benzene rings is 1. The standard InChI is InChI=1S/C11H10F3N3O2/c1-18-6-19-9-3-7(10-15-5-16-17-10)2-8(4-9)11(12,13)14/h2-5H,6H2,1H3,(H,15,16,17). The minimum atomic E-state index is -4.47. The molecule has 1 heterocycles. The summed E-state index contributed by atoms with van der Waals surface area (Å²) in [4.78, 5) is 3.81. The molecule has 0 amide bonds. The van der Waals surface area contributed by atoms with Gasteiger partial charge in [0.05, 0.1) is 5.56 Å². The molecule has 1 aromatic carbocycles. The lowest BCUT2D eigenvalue weighted by Gasteiger charge is -2.11. The highest BCUT2D eigenvalue weighted by molar-refractivity contribution is 5.59. The van der Waals surface area contributed by atoms with Crippen molar-refractivity contribution in [3.63, 3.8) is 0 Å². The normalized spacial score (nSPS) is 11.6. The van der Waals surface area contributed by atoms with E-state index in [1.807, 2.05) is 0 Å². The van der Waals surface area contributed by atoms with Crippen LogP contribution in [0, 0.1) is 0 Å². The lowest BCUT2D eigenvalue weighted by atomic mass is 10.1. The number of ether oxygens (including phenoxy) is 2. The molecule has 0 saturated carbocycles. The van der Waals surface area contributed by atoms with Crippen LogP contribution in [0.5, 0.6) is 5.75 Å². The molecular formula is C11H10F3N3O2. The first-order chi connectivity index (χ1) is 9.00. The third-order valence-electron chi connectivity index (χ3n) is 2.25. The molecule has 19 heavy (non-hydrogen) atoms. The van der Waals surface area contributed by atoms with Crippen LogP contribution in [0.1, 0.15) is 5.56 Å². The van der Waals surface area contributed by atoms with Gasteiger partial charge < -0.3 is 9.47 Å². The molecule has 2 rings (SSSR count). The first-order valence-electron chi connectivity index (χ1n) is 5.21. The van der Waals surface area contributed by atoms with E-state index in [2.05, 4.69) is 19.9 Å². The van der Waals surface area contributed by atoms with Crippen molar-refractivity contribution < 1.29 is 22.6 Å². The zero-order valence-corrected chi connectivity index (χ0v) is 9.86. The monoisotopic (exact) mass is 273 g/mol. The molecular weight excluding hydrogens is 263 g/mol. The largest absolute Gasteiger partial charge is 0.468 e. The highest BCUT2D eigenvalue weighted by Crippen LogP contribution is 2.34. The van der Waals surface area contributed by atoms with Crippen LogP contribution in [0.25, 0.3) is 11.4 Å². The van der Waals surface area contributed by atoms with Crippen molar-refractivity contribution in [1.82, 2.24) is 15.2 Å². The third-order valence-corrected chi connectivity index (χ3v) is 2.25. The number of hydrogen-bond acceptors (Lipinski definition) is 4. The Morgan fingerprint density at radius 2 is 2.05 bits per heavy atom. The summed E-state index contributed by atoms with van der Waals surface area (Å²) in [7, 11) is 1.38. The molecule has 2 aromatic rings. The lowest BCUT2D eigenvalue weighted by Crippen LogP contribution is -2.07. The molecule has 0 aliphatic heterocycles.